The molecule has 1 aliphatic heterocycles. The highest BCUT2D eigenvalue weighted by Gasteiger charge is 2.43. The molecule has 0 bridgehead atoms. The summed E-state index contributed by atoms with van der Waals surface area (Å²) >= 11 is 0. The zero-order valence-electron chi connectivity index (χ0n) is 24.4. The third-order valence-corrected chi connectivity index (χ3v) is 10.0. The highest BCUT2D eigenvalue weighted by atomic mass is 28.3. The van der Waals surface area contributed by atoms with Crippen LogP contribution in [-0.2, 0) is 15.9 Å². The number of nitrogens with one attached hydrogen (secondary N) is 1. The fourth-order valence-electron chi connectivity index (χ4n) is 5.59. The molecule has 6 nitrogen and oxygen atoms in total. The Morgan fingerprint density at radius 3 is 2.24 bits per heavy atom. The summed E-state index contributed by atoms with van der Waals surface area (Å²) in [5.74, 6) is -0.0468. The van der Waals surface area contributed by atoms with Crippen LogP contribution in [0.2, 0.25) is 19.6 Å². The van der Waals surface area contributed by atoms with Gasteiger partial charge in [0, 0.05) is 17.1 Å². The van der Waals surface area contributed by atoms with Gasteiger partial charge >= 0.3 is 6.16 Å². The van der Waals surface area contributed by atoms with E-state index in [9.17, 15) is 4.39 Å². The van der Waals surface area contributed by atoms with Gasteiger partial charge in [0.2, 0.25) is 0 Å². The number of piperidine rings is 1. The van der Waals surface area contributed by atoms with E-state index in [4.69, 9.17) is 24.5 Å². The van der Waals surface area contributed by atoms with E-state index in [2.05, 4.69) is 91.7 Å². The lowest BCUT2D eigenvalue weighted by Gasteiger charge is -2.45. The molecule has 5 rings (SSSR count). The Morgan fingerprint density at radius 1 is 0.929 bits per heavy atom. The molecule has 4 aromatic rings. The van der Waals surface area contributed by atoms with Crippen molar-refractivity contribution in [2.45, 2.75) is 56.5 Å². The Kier molecular flexibility index (Phi) is 10.9. The van der Waals surface area contributed by atoms with Crippen LogP contribution in [-0.4, -0.2) is 49.4 Å². The molecule has 0 spiro atoms. The third-order valence-electron chi connectivity index (χ3n) is 7.61. The maximum absolute atomic E-state index is 13.8. The van der Waals surface area contributed by atoms with Crippen LogP contribution in [0.4, 0.5) is 9.18 Å². The number of carboxylic acid groups (broad SMARTS) is 2. The first-order valence-electron chi connectivity index (χ1n) is 14.3. The van der Waals surface area contributed by atoms with Crippen LogP contribution < -0.4 is 5.32 Å². The Morgan fingerprint density at radius 2 is 1.57 bits per heavy atom. The van der Waals surface area contributed by atoms with Gasteiger partial charge in [0.15, 0.2) is 6.29 Å². The van der Waals surface area contributed by atoms with Gasteiger partial charge in [-0.1, -0.05) is 98.5 Å². The number of fused-ring (bicyclic) bond motifs is 1. The Hall–Kier alpha value is -3.56. The second kappa shape index (κ2) is 14.6. The first-order chi connectivity index (χ1) is 20.1. The van der Waals surface area contributed by atoms with Crippen molar-refractivity contribution in [3.05, 3.63) is 120 Å². The number of halogens is 1. The predicted octanol–water partition coefficient (Wildman–Crippen LogP) is 7.87. The number of hydrogen-bond acceptors (Lipinski definition) is 4. The predicted molar refractivity (Wildman–Crippen MR) is 167 cm³/mol. The summed E-state index contributed by atoms with van der Waals surface area (Å²) in [4.78, 5) is 8.56. The minimum absolute atomic E-state index is 0.0888. The summed E-state index contributed by atoms with van der Waals surface area (Å²) in [7, 11) is -1.67. The van der Waals surface area contributed by atoms with E-state index in [1.54, 1.807) is 12.1 Å². The van der Waals surface area contributed by atoms with Gasteiger partial charge in [-0.05, 0) is 59.5 Å². The molecule has 0 aromatic heterocycles. The SMILES string of the molecule is C[Si](C)(C)C1NCCC(c2ccc(F)cc2)C1OC(OCCc1ccccc1)c1ccc2ccccc2c1.O=C(O)O. The Bertz CT molecular complexity index is 1420. The van der Waals surface area contributed by atoms with Crippen molar-refractivity contribution >= 4 is 25.0 Å². The molecule has 1 heterocycles. The zero-order chi connectivity index (χ0) is 30.1. The molecule has 222 valence electrons. The second-order valence-electron chi connectivity index (χ2n) is 11.7. The average molecular weight is 590 g/mol. The molecule has 8 heteroatoms. The second-order valence-corrected chi connectivity index (χ2v) is 17.0. The standard InChI is InChI=1S/C33H38FNO2Si.CH2O3/c1-38(2,3)32-31(30(19-21-35-32)26-15-17-29(34)18-16-26)37-33(36-22-20-24-9-5-4-6-10-24)28-14-13-25-11-7-8-12-27(25)23-28;2-1(3)4/h4-18,23,30-33,35H,19-22H2,1-3H3;(H2,2,3,4). The number of ether oxygens (including phenoxy) is 2. The topological polar surface area (TPSA) is 88.0 Å². The van der Waals surface area contributed by atoms with Gasteiger partial charge in [-0.3, -0.25) is 0 Å². The van der Waals surface area contributed by atoms with Crippen molar-refractivity contribution in [3.63, 3.8) is 0 Å². The summed E-state index contributed by atoms with van der Waals surface area (Å²) in [6.07, 6.45) is -0.675. The van der Waals surface area contributed by atoms with E-state index in [1.807, 2.05) is 18.2 Å². The van der Waals surface area contributed by atoms with Crippen molar-refractivity contribution in [2.75, 3.05) is 13.2 Å². The maximum atomic E-state index is 13.8. The molecule has 0 aliphatic carbocycles. The lowest BCUT2D eigenvalue weighted by atomic mass is 9.87. The minimum atomic E-state index is -1.83. The Labute approximate surface area is 248 Å². The number of benzene rings is 4. The molecular formula is C34H40FNO5Si. The lowest BCUT2D eigenvalue weighted by Crippen LogP contribution is -2.61. The van der Waals surface area contributed by atoms with Gasteiger partial charge in [-0.2, -0.15) is 0 Å². The van der Waals surface area contributed by atoms with E-state index >= 15 is 0 Å². The van der Waals surface area contributed by atoms with Gasteiger partial charge < -0.3 is 25.0 Å². The molecule has 0 amide bonds. The number of rotatable bonds is 9. The molecule has 1 fully saturated rings. The van der Waals surface area contributed by atoms with Crippen LogP contribution >= 0.6 is 0 Å². The minimum Gasteiger partial charge on any atom is -0.450 e. The third kappa shape index (κ3) is 8.72. The highest BCUT2D eigenvalue weighted by molar-refractivity contribution is 6.77. The normalized spacial score (nSPS) is 19.5. The van der Waals surface area contributed by atoms with E-state index in [0.717, 1.165) is 30.5 Å². The van der Waals surface area contributed by atoms with Crippen LogP contribution in [0.1, 0.15) is 35.3 Å². The maximum Gasteiger partial charge on any atom is 0.503 e. The fraction of sp³-hybridized carbons (Fsp3) is 0.324. The van der Waals surface area contributed by atoms with E-state index in [1.165, 1.54) is 16.3 Å². The van der Waals surface area contributed by atoms with Gasteiger partial charge in [0.05, 0.1) is 20.8 Å². The smallest absolute Gasteiger partial charge is 0.450 e. The summed E-state index contributed by atoms with van der Waals surface area (Å²) in [6, 6.07) is 32.2. The van der Waals surface area contributed by atoms with Gasteiger partial charge in [-0.15, -0.1) is 0 Å². The van der Waals surface area contributed by atoms with E-state index in [-0.39, 0.29) is 23.5 Å². The van der Waals surface area contributed by atoms with Gasteiger partial charge in [-0.25, -0.2) is 9.18 Å². The van der Waals surface area contributed by atoms with Crippen LogP contribution in [0.3, 0.4) is 0 Å². The summed E-state index contributed by atoms with van der Waals surface area (Å²) in [6.45, 7) is 8.63. The fourth-order valence-corrected chi connectivity index (χ4v) is 7.64. The molecule has 4 aromatic carbocycles. The van der Waals surface area contributed by atoms with E-state index < -0.39 is 20.5 Å². The first-order valence-corrected chi connectivity index (χ1v) is 17.9. The lowest BCUT2D eigenvalue weighted by molar-refractivity contribution is -0.186. The van der Waals surface area contributed by atoms with Gasteiger partial charge in [0.25, 0.3) is 0 Å². The Balaban J connectivity index is 0.000000952. The summed E-state index contributed by atoms with van der Waals surface area (Å²) < 4.78 is 27.4. The summed E-state index contributed by atoms with van der Waals surface area (Å²) in [5.41, 5.74) is 3.64. The molecule has 4 unspecified atom stereocenters. The van der Waals surface area contributed by atoms with Crippen molar-refractivity contribution in [1.82, 2.24) is 5.32 Å². The quantitative estimate of drug-likeness (QED) is 0.136. The highest BCUT2D eigenvalue weighted by Crippen LogP contribution is 2.37. The van der Waals surface area contributed by atoms with Crippen molar-refractivity contribution in [1.29, 1.82) is 0 Å². The zero-order valence-corrected chi connectivity index (χ0v) is 25.4. The number of carbonyl (C=O) groups is 1. The molecule has 3 N–H and O–H groups in total. The van der Waals surface area contributed by atoms with Gasteiger partial charge in [0.1, 0.15) is 5.82 Å². The van der Waals surface area contributed by atoms with Crippen LogP contribution in [0.5, 0.6) is 0 Å². The number of hydrogen-bond donors (Lipinski definition) is 3. The van der Waals surface area contributed by atoms with Crippen LogP contribution in [0, 0.1) is 5.82 Å². The monoisotopic (exact) mass is 589 g/mol. The van der Waals surface area contributed by atoms with Crippen molar-refractivity contribution < 1.29 is 28.9 Å². The van der Waals surface area contributed by atoms with E-state index in [0.29, 0.717) is 6.61 Å². The molecule has 0 saturated carbocycles. The van der Waals surface area contributed by atoms with Crippen molar-refractivity contribution in [2.24, 2.45) is 0 Å². The molecule has 1 saturated heterocycles. The summed E-state index contributed by atoms with van der Waals surface area (Å²) in [5, 5.41) is 20.1. The van der Waals surface area contributed by atoms with Crippen LogP contribution in [0.15, 0.2) is 97.1 Å². The average Bonchev–Trinajstić information content (AvgIpc) is 2.96. The molecule has 4 atom stereocenters. The molecule has 0 radical (unpaired) electrons. The van der Waals surface area contributed by atoms with Crippen molar-refractivity contribution in [3.8, 4) is 0 Å². The molecule has 1 aliphatic rings. The largest absolute Gasteiger partial charge is 0.503 e. The molecular weight excluding hydrogens is 549 g/mol. The molecule has 42 heavy (non-hydrogen) atoms. The first kappa shape index (κ1) is 31.4. The van der Waals surface area contributed by atoms with Crippen LogP contribution in [0.25, 0.3) is 10.8 Å².